The van der Waals surface area contributed by atoms with Crippen LogP contribution in [0.1, 0.15) is 33.6 Å². The molecular formula is C13H23NO4. The fourth-order valence-corrected chi connectivity index (χ4v) is 2.54. The summed E-state index contributed by atoms with van der Waals surface area (Å²) >= 11 is 0. The minimum atomic E-state index is -0.864. The number of carbonyl (C=O) groups is 2. The van der Waals surface area contributed by atoms with Crippen LogP contribution in [0.3, 0.4) is 0 Å². The zero-order valence-electron chi connectivity index (χ0n) is 11.3. The van der Waals surface area contributed by atoms with Gasteiger partial charge in [-0.1, -0.05) is 6.92 Å². The van der Waals surface area contributed by atoms with Gasteiger partial charge in [-0.05, 0) is 32.6 Å². The van der Waals surface area contributed by atoms with E-state index in [-0.39, 0.29) is 11.9 Å². The molecule has 5 nitrogen and oxygen atoms in total. The number of carbonyl (C=O) groups excluding carboxylic acids is 1. The van der Waals surface area contributed by atoms with Crippen LogP contribution >= 0.6 is 0 Å². The van der Waals surface area contributed by atoms with Crippen LogP contribution in [-0.2, 0) is 14.3 Å². The molecule has 0 aromatic carbocycles. The average molecular weight is 257 g/mol. The molecule has 104 valence electrons. The van der Waals surface area contributed by atoms with Crippen molar-refractivity contribution in [3.05, 3.63) is 0 Å². The Kier molecular flexibility index (Phi) is 5.59. The number of rotatable bonds is 6. The zero-order chi connectivity index (χ0) is 13.7. The van der Waals surface area contributed by atoms with Crippen molar-refractivity contribution in [2.45, 2.75) is 39.7 Å². The lowest BCUT2D eigenvalue weighted by Crippen LogP contribution is -2.42. The molecule has 1 aliphatic carbocycles. The predicted octanol–water partition coefficient (Wildman–Crippen LogP) is 1.27. The van der Waals surface area contributed by atoms with E-state index in [9.17, 15) is 9.59 Å². The molecule has 0 spiro atoms. The number of aliphatic carboxylic acids is 1. The topological polar surface area (TPSA) is 75.6 Å². The van der Waals surface area contributed by atoms with Gasteiger partial charge in [0.15, 0.2) is 0 Å². The molecule has 0 aromatic rings. The lowest BCUT2D eigenvalue weighted by molar-refractivity contribution is -0.146. The molecule has 0 radical (unpaired) electrons. The first-order chi connectivity index (χ1) is 8.45. The molecular weight excluding hydrogens is 234 g/mol. The fourth-order valence-electron chi connectivity index (χ4n) is 2.54. The van der Waals surface area contributed by atoms with E-state index in [1.807, 2.05) is 20.8 Å². The van der Waals surface area contributed by atoms with Crippen molar-refractivity contribution in [3.63, 3.8) is 0 Å². The van der Waals surface area contributed by atoms with Crippen LogP contribution in [0.5, 0.6) is 0 Å². The highest BCUT2D eigenvalue weighted by Gasteiger charge is 2.41. The van der Waals surface area contributed by atoms with E-state index in [2.05, 4.69) is 5.32 Å². The summed E-state index contributed by atoms with van der Waals surface area (Å²) in [5, 5.41) is 12.0. The minimum absolute atomic E-state index is 0.0807. The SMILES string of the molecule is CCOCC(C)NC(=O)[C@H]1CC(C)C[C@H]1C(=O)O. The Balaban J connectivity index is 2.52. The Morgan fingerprint density at radius 1 is 1.39 bits per heavy atom. The van der Waals surface area contributed by atoms with Gasteiger partial charge >= 0.3 is 5.97 Å². The third-order valence-electron chi connectivity index (χ3n) is 3.41. The van der Waals surface area contributed by atoms with Crippen LogP contribution in [0, 0.1) is 17.8 Å². The Labute approximate surface area is 108 Å². The summed E-state index contributed by atoms with van der Waals surface area (Å²) < 4.78 is 5.22. The van der Waals surface area contributed by atoms with E-state index < -0.39 is 17.8 Å². The largest absolute Gasteiger partial charge is 0.481 e. The van der Waals surface area contributed by atoms with Gasteiger partial charge in [0.25, 0.3) is 0 Å². The van der Waals surface area contributed by atoms with Crippen molar-refractivity contribution in [1.29, 1.82) is 0 Å². The Morgan fingerprint density at radius 2 is 2.00 bits per heavy atom. The number of amides is 1. The molecule has 5 heteroatoms. The maximum atomic E-state index is 12.0. The molecule has 1 fully saturated rings. The van der Waals surface area contributed by atoms with Gasteiger partial charge in [0.05, 0.1) is 18.4 Å². The Bertz CT molecular complexity index is 305. The van der Waals surface area contributed by atoms with Crippen molar-refractivity contribution in [2.24, 2.45) is 17.8 Å². The van der Waals surface area contributed by atoms with Gasteiger partial charge in [-0.2, -0.15) is 0 Å². The second-order valence-electron chi connectivity index (χ2n) is 5.20. The van der Waals surface area contributed by atoms with Gasteiger partial charge in [-0.25, -0.2) is 0 Å². The van der Waals surface area contributed by atoms with Crippen LogP contribution in [0.15, 0.2) is 0 Å². The van der Waals surface area contributed by atoms with Crippen LogP contribution < -0.4 is 5.32 Å². The number of carboxylic acids is 1. The van der Waals surface area contributed by atoms with E-state index in [0.29, 0.717) is 32.0 Å². The summed E-state index contributed by atoms with van der Waals surface area (Å²) in [6, 6.07) is -0.0807. The monoisotopic (exact) mass is 257 g/mol. The molecule has 1 aliphatic rings. The molecule has 1 rings (SSSR count). The van der Waals surface area contributed by atoms with E-state index in [0.717, 1.165) is 0 Å². The first-order valence-electron chi connectivity index (χ1n) is 6.56. The summed E-state index contributed by atoms with van der Waals surface area (Å²) in [7, 11) is 0. The number of hydrogen-bond acceptors (Lipinski definition) is 3. The number of ether oxygens (including phenoxy) is 1. The molecule has 1 amide bonds. The van der Waals surface area contributed by atoms with Crippen molar-refractivity contribution in [1.82, 2.24) is 5.32 Å². The van der Waals surface area contributed by atoms with Gasteiger partial charge in [0.1, 0.15) is 0 Å². The molecule has 0 heterocycles. The van der Waals surface area contributed by atoms with Gasteiger partial charge in [-0.3, -0.25) is 9.59 Å². The molecule has 1 saturated carbocycles. The second-order valence-corrected chi connectivity index (χ2v) is 5.20. The molecule has 0 aliphatic heterocycles. The molecule has 0 bridgehead atoms. The first kappa shape index (κ1) is 15.0. The highest BCUT2D eigenvalue weighted by Crippen LogP contribution is 2.36. The standard InChI is InChI=1S/C13H23NO4/c1-4-18-7-9(3)14-12(15)10-5-8(2)6-11(10)13(16)17/h8-11H,4-7H2,1-3H3,(H,14,15)(H,16,17)/t8?,9?,10-,11+/m0/s1. The third-order valence-corrected chi connectivity index (χ3v) is 3.41. The summed E-state index contributed by atoms with van der Waals surface area (Å²) in [5.74, 6) is -1.67. The van der Waals surface area contributed by atoms with E-state index in [1.165, 1.54) is 0 Å². The molecule has 18 heavy (non-hydrogen) atoms. The van der Waals surface area contributed by atoms with Gasteiger partial charge in [0.2, 0.25) is 5.91 Å². The molecule has 2 unspecified atom stereocenters. The maximum Gasteiger partial charge on any atom is 0.307 e. The van der Waals surface area contributed by atoms with Crippen molar-refractivity contribution >= 4 is 11.9 Å². The van der Waals surface area contributed by atoms with Crippen molar-refractivity contribution in [2.75, 3.05) is 13.2 Å². The molecule has 4 atom stereocenters. The first-order valence-corrected chi connectivity index (χ1v) is 6.56. The number of nitrogens with one attached hydrogen (secondary N) is 1. The van der Waals surface area contributed by atoms with Gasteiger partial charge in [-0.15, -0.1) is 0 Å². The normalized spacial score (nSPS) is 28.9. The van der Waals surface area contributed by atoms with Crippen LogP contribution in [0.4, 0.5) is 0 Å². The lowest BCUT2D eigenvalue weighted by atomic mass is 9.95. The third kappa shape index (κ3) is 3.98. The zero-order valence-corrected chi connectivity index (χ0v) is 11.3. The summed E-state index contributed by atoms with van der Waals surface area (Å²) in [5.41, 5.74) is 0. The average Bonchev–Trinajstić information content (AvgIpc) is 2.69. The quantitative estimate of drug-likeness (QED) is 0.751. The van der Waals surface area contributed by atoms with Crippen molar-refractivity contribution < 1.29 is 19.4 Å². The summed E-state index contributed by atoms with van der Waals surface area (Å²) in [4.78, 5) is 23.2. The van der Waals surface area contributed by atoms with Crippen LogP contribution in [0.2, 0.25) is 0 Å². The number of carboxylic acid groups (broad SMARTS) is 1. The van der Waals surface area contributed by atoms with E-state index in [1.54, 1.807) is 0 Å². The lowest BCUT2D eigenvalue weighted by Gasteiger charge is -2.19. The molecule has 0 aromatic heterocycles. The summed E-state index contributed by atoms with van der Waals surface area (Å²) in [6.45, 7) is 6.82. The maximum absolute atomic E-state index is 12.0. The molecule has 2 N–H and O–H groups in total. The highest BCUT2D eigenvalue weighted by atomic mass is 16.5. The van der Waals surface area contributed by atoms with Gasteiger partial charge < -0.3 is 15.2 Å². The molecule has 0 saturated heterocycles. The van der Waals surface area contributed by atoms with E-state index >= 15 is 0 Å². The second kappa shape index (κ2) is 6.73. The smallest absolute Gasteiger partial charge is 0.307 e. The van der Waals surface area contributed by atoms with Crippen LogP contribution in [0.25, 0.3) is 0 Å². The Morgan fingerprint density at radius 3 is 2.56 bits per heavy atom. The van der Waals surface area contributed by atoms with Crippen molar-refractivity contribution in [3.8, 4) is 0 Å². The summed E-state index contributed by atoms with van der Waals surface area (Å²) in [6.07, 6.45) is 1.25. The van der Waals surface area contributed by atoms with E-state index in [4.69, 9.17) is 9.84 Å². The highest BCUT2D eigenvalue weighted by molar-refractivity contribution is 5.85. The fraction of sp³-hybridized carbons (Fsp3) is 0.846. The van der Waals surface area contributed by atoms with Crippen LogP contribution in [-0.4, -0.2) is 36.2 Å². The number of hydrogen-bond donors (Lipinski definition) is 2. The minimum Gasteiger partial charge on any atom is -0.481 e. The predicted molar refractivity (Wildman–Crippen MR) is 67.1 cm³/mol. The van der Waals surface area contributed by atoms with Gasteiger partial charge in [0, 0.05) is 12.6 Å². The Hall–Kier alpha value is -1.10.